The van der Waals surface area contributed by atoms with Crippen molar-refractivity contribution in [1.29, 1.82) is 0 Å². The van der Waals surface area contributed by atoms with Gasteiger partial charge < -0.3 is 20.1 Å². The molecule has 8 heteroatoms. The van der Waals surface area contributed by atoms with Gasteiger partial charge >= 0.3 is 0 Å². The minimum Gasteiger partial charge on any atom is -0.491 e. The van der Waals surface area contributed by atoms with Gasteiger partial charge in [0.05, 0.1) is 12.6 Å². The van der Waals surface area contributed by atoms with Crippen molar-refractivity contribution in [1.82, 2.24) is 20.5 Å². The fraction of sp³-hybridized carbons (Fsp3) is 0.567. The molecule has 3 aliphatic heterocycles. The Kier molecular flexibility index (Phi) is 7.88. The third kappa shape index (κ3) is 5.51. The second-order valence-electron chi connectivity index (χ2n) is 11.0. The number of pyridine rings is 1. The molecule has 0 saturated carbocycles. The molecule has 3 saturated heterocycles. The largest absolute Gasteiger partial charge is 0.491 e. The topological polar surface area (TPSA) is 92.8 Å². The number of carbonyl (C=O) groups excluding carboxylic acids is 2. The molecule has 1 aromatic heterocycles. The number of fused-ring (bicyclic) bond motifs is 2. The van der Waals surface area contributed by atoms with Crippen LogP contribution in [-0.2, 0) is 4.79 Å². The van der Waals surface area contributed by atoms with Gasteiger partial charge in [0.25, 0.3) is 5.91 Å². The molecule has 0 radical (unpaired) electrons. The van der Waals surface area contributed by atoms with Gasteiger partial charge in [-0.05, 0) is 88.6 Å². The molecule has 1 aromatic carbocycles. The van der Waals surface area contributed by atoms with Crippen LogP contribution in [0, 0.1) is 13.8 Å². The van der Waals surface area contributed by atoms with Crippen LogP contribution in [0.5, 0.6) is 11.6 Å². The predicted octanol–water partition coefficient (Wildman–Crippen LogP) is 4.24. The molecule has 8 nitrogen and oxygen atoms in total. The molecule has 3 aliphatic rings. The molecule has 2 amide bonds. The smallest absolute Gasteiger partial charge is 0.251 e. The number of hydrogen-bond acceptors (Lipinski definition) is 6. The first kappa shape index (κ1) is 26.5. The Labute approximate surface area is 225 Å². The molecule has 3 fully saturated rings. The van der Waals surface area contributed by atoms with Crippen LogP contribution in [0.25, 0.3) is 0 Å². The number of carbonyl (C=O) groups is 2. The van der Waals surface area contributed by atoms with Gasteiger partial charge in [-0.25, -0.2) is 4.98 Å². The van der Waals surface area contributed by atoms with Crippen molar-refractivity contribution in [2.45, 2.75) is 96.4 Å². The Bertz CT molecular complexity index is 1170. The van der Waals surface area contributed by atoms with Crippen molar-refractivity contribution in [2.24, 2.45) is 0 Å². The van der Waals surface area contributed by atoms with Gasteiger partial charge in [0.15, 0.2) is 0 Å². The van der Waals surface area contributed by atoms with E-state index in [1.54, 1.807) is 18.3 Å². The lowest BCUT2D eigenvalue weighted by Gasteiger charge is -2.43. The average Bonchev–Trinajstić information content (AvgIpc) is 3.44. The Balaban J connectivity index is 1.22. The number of piperidine rings is 1. The monoisotopic (exact) mass is 520 g/mol. The summed E-state index contributed by atoms with van der Waals surface area (Å²) in [6.45, 7) is 9.56. The van der Waals surface area contributed by atoms with E-state index in [0.29, 0.717) is 49.2 Å². The zero-order valence-corrected chi connectivity index (χ0v) is 23.0. The number of benzene rings is 1. The maximum Gasteiger partial charge on any atom is 0.251 e. The SMILES string of the molecule is CCOc1cc(C(=O)NC2CC3CCC(C2)N3C(C)c2ccc(OC[C@H]3CCC(=O)N3)c(C)c2C)ccn1. The van der Waals surface area contributed by atoms with E-state index in [4.69, 9.17) is 9.47 Å². The summed E-state index contributed by atoms with van der Waals surface area (Å²) < 4.78 is 11.6. The maximum atomic E-state index is 13.0. The van der Waals surface area contributed by atoms with Gasteiger partial charge in [-0.1, -0.05) is 6.07 Å². The molecule has 0 aliphatic carbocycles. The third-order valence-electron chi connectivity index (χ3n) is 8.62. The number of rotatable bonds is 9. The second-order valence-corrected chi connectivity index (χ2v) is 11.0. The minimum absolute atomic E-state index is 0.0570. The molecule has 2 bridgehead atoms. The summed E-state index contributed by atoms with van der Waals surface area (Å²) in [6, 6.07) is 9.22. The Morgan fingerprint density at radius 2 is 1.89 bits per heavy atom. The summed E-state index contributed by atoms with van der Waals surface area (Å²) in [5, 5.41) is 6.25. The highest BCUT2D eigenvalue weighted by Crippen LogP contribution is 2.43. The number of hydrogen-bond donors (Lipinski definition) is 2. The zero-order valence-electron chi connectivity index (χ0n) is 23.0. The van der Waals surface area contributed by atoms with Crippen LogP contribution in [0.4, 0.5) is 0 Å². The van der Waals surface area contributed by atoms with Crippen LogP contribution in [0.2, 0.25) is 0 Å². The minimum atomic E-state index is -0.0570. The lowest BCUT2D eigenvalue weighted by atomic mass is 9.91. The number of ether oxygens (including phenoxy) is 2. The molecule has 3 unspecified atom stereocenters. The van der Waals surface area contributed by atoms with Crippen LogP contribution < -0.4 is 20.1 Å². The summed E-state index contributed by atoms with van der Waals surface area (Å²) >= 11 is 0. The van der Waals surface area contributed by atoms with Gasteiger partial charge in [-0.2, -0.15) is 0 Å². The van der Waals surface area contributed by atoms with E-state index < -0.39 is 0 Å². The predicted molar refractivity (Wildman–Crippen MR) is 146 cm³/mol. The average molecular weight is 521 g/mol. The van der Waals surface area contributed by atoms with E-state index in [2.05, 4.69) is 53.4 Å². The second kappa shape index (κ2) is 11.3. The van der Waals surface area contributed by atoms with Crippen LogP contribution in [0.1, 0.15) is 85.5 Å². The molecule has 5 rings (SSSR count). The normalized spacial score (nSPS) is 25.6. The maximum absolute atomic E-state index is 13.0. The van der Waals surface area contributed by atoms with Crippen LogP contribution in [0.3, 0.4) is 0 Å². The van der Waals surface area contributed by atoms with Crippen molar-refractivity contribution in [3.05, 3.63) is 52.7 Å². The fourth-order valence-electron chi connectivity index (χ4n) is 6.59. The van der Waals surface area contributed by atoms with Gasteiger partial charge in [0.1, 0.15) is 12.4 Å². The standard InChI is InChI=1S/C30H40N4O4/c1-5-37-29-14-21(12-13-31-29)30(36)33-23-15-24-7-8-25(16-23)34(24)20(4)26-9-10-27(19(3)18(26)2)38-17-22-6-11-28(35)32-22/h9-10,12-14,20,22-25H,5-8,11,15-17H2,1-4H3,(H,32,35)(H,33,36)/t20?,22-,23?,24?,25?/m1/s1. The van der Waals surface area contributed by atoms with E-state index >= 15 is 0 Å². The van der Waals surface area contributed by atoms with Gasteiger partial charge in [0.2, 0.25) is 11.8 Å². The lowest BCUT2D eigenvalue weighted by Crippen LogP contribution is -2.51. The van der Waals surface area contributed by atoms with Crippen LogP contribution >= 0.6 is 0 Å². The van der Waals surface area contributed by atoms with Gasteiger partial charge in [-0.3, -0.25) is 14.5 Å². The van der Waals surface area contributed by atoms with Crippen molar-refractivity contribution >= 4 is 11.8 Å². The Morgan fingerprint density at radius 3 is 2.58 bits per heavy atom. The molecule has 2 aromatic rings. The van der Waals surface area contributed by atoms with E-state index in [1.165, 1.54) is 11.1 Å². The lowest BCUT2D eigenvalue weighted by molar-refractivity contribution is -0.119. The number of nitrogens with zero attached hydrogens (tertiary/aromatic N) is 2. The van der Waals surface area contributed by atoms with E-state index in [9.17, 15) is 9.59 Å². The van der Waals surface area contributed by atoms with Crippen molar-refractivity contribution in [3.8, 4) is 11.6 Å². The van der Waals surface area contributed by atoms with E-state index in [0.717, 1.165) is 43.4 Å². The number of aromatic nitrogens is 1. The van der Waals surface area contributed by atoms with E-state index in [-0.39, 0.29) is 23.9 Å². The van der Waals surface area contributed by atoms with Crippen molar-refractivity contribution < 1.29 is 19.1 Å². The molecule has 2 N–H and O–H groups in total. The molecule has 38 heavy (non-hydrogen) atoms. The number of nitrogens with one attached hydrogen (secondary N) is 2. The summed E-state index contributed by atoms with van der Waals surface area (Å²) in [5.74, 6) is 1.43. The molecular weight excluding hydrogens is 480 g/mol. The summed E-state index contributed by atoms with van der Waals surface area (Å²) in [7, 11) is 0. The highest BCUT2D eigenvalue weighted by Gasteiger charge is 2.43. The molecule has 204 valence electrons. The molecule has 4 heterocycles. The third-order valence-corrected chi connectivity index (χ3v) is 8.62. The summed E-state index contributed by atoms with van der Waals surface area (Å²) in [6.07, 6.45) is 7.30. The molecule has 0 spiro atoms. The van der Waals surface area contributed by atoms with Crippen LogP contribution in [0.15, 0.2) is 30.5 Å². The first-order chi connectivity index (χ1) is 18.3. The van der Waals surface area contributed by atoms with Crippen LogP contribution in [-0.4, -0.2) is 59.1 Å². The van der Waals surface area contributed by atoms with Gasteiger partial charge in [0, 0.05) is 48.4 Å². The first-order valence-electron chi connectivity index (χ1n) is 14.0. The highest BCUT2D eigenvalue weighted by molar-refractivity contribution is 5.94. The first-order valence-corrected chi connectivity index (χ1v) is 14.0. The van der Waals surface area contributed by atoms with Crippen molar-refractivity contribution in [2.75, 3.05) is 13.2 Å². The fourth-order valence-corrected chi connectivity index (χ4v) is 6.59. The Hall–Kier alpha value is -3.13. The quantitative estimate of drug-likeness (QED) is 0.514. The summed E-state index contributed by atoms with van der Waals surface area (Å²) in [5.41, 5.74) is 4.36. The number of amides is 2. The molecule has 4 atom stereocenters. The highest BCUT2D eigenvalue weighted by atomic mass is 16.5. The van der Waals surface area contributed by atoms with Gasteiger partial charge in [-0.15, -0.1) is 0 Å². The molecular formula is C30H40N4O4. The van der Waals surface area contributed by atoms with E-state index in [1.807, 2.05) is 6.92 Å². The summed E-state index contributed by atoms with van der Waals surface area (Å²) in [4.78, 5) is 31.3. The van der Waals surface area contributed by atoms with Crippen molar-refractivity contribution in [3.63, 3.8) is 0 Å². The zero-order chi connectivity index (χ0) is 26.8. The Morgan fingerprint density at radius 1 is 1.13 bits per heavy atom.